The zero-order chi connectivity index (χ0) is 18.1. The van der Waals surface area contributed by atoms with Gasteiger partial charge in [-0.15, -0.1) is 0 Å². The van der Waals surface area contributed by atoms with Gasteiger partial charge >= 0.3 is 6.09 Å². The molecule has 2 aromatic carbocycles. The summed E-state index contributed by atoms with van der Waals surface area (Å²) in [5, 5.41) is 9.82. The normalized spacial score (nSPS) is 17.0. The van der Waals surface area contributed by atoms with Gasteiger partial charge in [-0.2, -0.15) is 0 Å². The summed E-state index contributed by atoms with van der Waals surface area (Å²) in [4.78, 5) is 27.6. The summed E-state index contributed by atoms with van der Waals surface area (Å²) in [6.45, 7) is 2.29. The lowest BCUT2D eigenvalue weighted by molar-refractivity contribution is 0.0970. The van der Waals surface area contributed by atoms with Crippen LogP contribution in [-0.2, 0) is 6.54 Å². The Morgan fingerprint density at radius 3 is 2.64 bits per heavy atom. The summed E-state index contributed by atoms with van der Waals surface area (Å²) in [6.07, 6.45) is -1.00. The van der Waals surface area contributed by atoms with Crippen LogP contribution >= 0.6 is 27.5 Å². The first-order valence-corrected chi connectivity index (χ1v) is 8.90. The highest BCUT2D eigenvalue weighted by Gasteiger charge is 2.31. The van der Waals surface area contributed by atoms with Crippen molar-refractivity contribution in [2.24, 2.45) is 0 Å². The molecule has 1 aliphatic heterocycles. The van der Waals surface area contributed by atoms with Crippen molar-refractivity contribution in [3.05, 3.63) is 63.1 Å². The molecule has 0 unspecified atom stereocenters. The molecule has 1 atom stereocenters. The molecule has 0 fully saturated rings. The van der Waals surface area contributed by atoms with Gasteiger partial charge in [-0.05, 0) is 36.8 Å². The van der Waals surface area contributed by atoms with E-state index in [0.29, 0.717) is 16.3 Å². The summed E-state index contributed by atoms with van der Waals surface area (Å²) in [6, 6.07) is 12.1. The van der Waals surface area contributed by atoms with E-state index in [1.807, 2.05) is 24.3 Å². The average molecular weight is 424 g/mol. The molecule has 5 nitrogen and oxygen atoms in total. The zero-order valence-electron chi connectivity index (χ0n) is 13.4. The molecule has 2 amide bonds. The van der Waals surface area contributed by atoms with Crippen molar-refractivity contribution < 1.29 is 14.7 Å². The minimum Gasteiger partial charge on any atom is -0.465 e. The van der Waals surface area contributed by atoms with Gasteiger partial charge in [-0.25, -0.2) is 4.79 Å². The van der Waals surface area contributed by atoms with Gasteiger partial charge in [0.05, 0.1) is 23.2 Å². The van der Waals surface area contributed by atoms with E-state index >= 15 is 0 Å². The molecule has 1 heterocycles. The molecule has 1 aliphatic rings. The molecule has 0 saturated carbocycles. The number of halogens is 2. The van der Waals surface area contributed by atoms with Gasteiger partial charge in [0.25, 0.3) is 5.91 Å². The number of nitrogens with zero attached hydrogens (tertiary/aromatic N) is 2. The number of benzene rings is 2. The highest BCUT2D eigenvalue weighted by Crippen LogP contribution is 2.30. The first-order chi connectivity index (χ1) is 11.9. The van der Waals surface area contributed by atoms with E-state index in [-0.39, 0.29) is 25.0 Å². The molecule has 0 aromatic heterocycles. The third-order valence-corrected chi connectivity index (χ3v) is 5.06. The van der Waals surface area contributed by atoms with Crippen LogP contribution in [-0.4, -0.2) is 34.6 Å². The van der Waals surface area contributed by atoms with Crippen LogP contribution in [0.3, 0.4) is 0 Å². The number of carbonyl (C=O) groups excluding carboxylic acids is 1. The number of carbonyl (C=O) groups is 2. The van der Waals surface area contributed by atoms with E-state index in [2.05, 4.69) is 15.9 Å². The third kappa shape index (κ3) is 3.50. The fraction of sp³-hybridized carbons (Fsp3) is 0.222. The molecule has 25 heavy (non-hydrogen) atoms. The van der Waals surface area contributed by atoms with Gasteiger partial charge in [0.1, 0.15) is 0 Å². The number of carboxylic acid groups (broad SMARTS) is 1. The molecule has 0 aliphatic carbocycles. The number of amides is 2. The minimum atomic E-state index is -1.00. The van der Waals surface area contributed by atoms with Gasteiger partial charge in [0, 0.05) is 16.7 Å². The Hall–Kier alpha value is -2.05. The maximum Gasteiger partial charge on any atom is 0.407 e. The van der Waals surface area contributed by atoms with E-state index in [1.165, 1.54) is 4.90 Å². The van der Waals surface area contributed by atoms with Crippen LogP contribution in [0.2, 0.25) is 5.02 Å². The monoisotopic (exact) mass is 422 g/mol. The molecular weight excluding hydrogens is 408 g/mol. The molecule has 7 heteroatoms. The van der Waals surface area contributed by atoms with Crippen molar-refractivity contribution in [2.75, 3.05) is 11.4 Å². The van der Waals surface area contributed by atoms with E-state index in [9.17, 15) is 14.7 Å². The number of fused-ring (bicyclic) bond motifs is 1. The summed E-state index contributed by atoms with van der Waals surface area (Å²) in [7, 11) is 0. The SMILES string of the molecule is C[C@@H]1CN(C(=O)c2ccc(Br)cc2Cl)c2ccccc2CN1C(=O)O. The molecule has 0 spiro atoms. The molecule has 0 bridgehead atoms. The summed E-state index contributed by atoms with van der Waals surface area (Å²) < 4.78 is 0.788. The Labute approximate surface area is 158 Å². The van der Waals surface area contributed by atoms with Crippen molar-refractivity contribution in [2.45, 2.75) is 19.5 Å². The topological polar surface area (TPSA) is 60.9 Å². The largest absolute Gasteiger partial charge is 0.465 e. The maximum absolute atomic E-state index is 13.1. The van der Waals surface area contributed by atoms with E-state index in [4.69, 9.17) is 11.6 Å². The molecule has 2 aromatic rings. The minimum absolute atomic E-state index is 0.241. The van der Waals surface area contributed by atoms with E-state index in [0.717, 1.165) is 10.0 Å². The summed E-state index contributed by atoms with van der Waals surface area (Å²) in [5.74, 6) is -0.246. The van der Waals surface area contributed by atoms with E-state index < -0.39 is 6.09 Å². The highest BCUT2D eigenvalue weighted by molar-refractivity contribution is 9.10. The number of hydrogen-bond acceptors (Lipinski definition) is 2. The lowest BCUT2D eigenvalue weighted by atomic mass is 10.1. The van der Waals surface area contributed by atoms with Gasteiger partial charge in [0.2, 0.25) is 0 Å². The van der Waals surface area contributed by atoms with Crippen molar-refractivity contribution in [3.8, 4) is 0 Å². The lowest BCUT2D eigenvalue weighted by Crippen LogP contribution is -2.44. The van der Waals surface area contributed by atoms with Crippen molar-refractivity contribution in [3.63, 3.8) is 0 Å². The maximum atomic E-state index is 13.1. The number of anilines is 1. The van der Waals surface area contributed by atoms with Crippen LogP contribution in [0.15, 0.2) is 46.9 Å². The predicted molar refractivity (Wildman–Crippen MR) is 100 cm³/mol. The first-order valence-electron chi connectivity index (χ1n) is 7.73. The Kier molecular flexibility index (Phi) is 5.01. The van der Waals surface area contributed by atoms with Gasteiger partial charge in [-0.3, -0.25) is 9.69 Å². The van der Waals surface area contributed by atoms with Crippen LogP contribution in [0.5, 0.6) is 0 Å². The fourth-order valence-electron chi connectivity index (χ4n) is 2.97. The molecule has 0 radical (unpaired) electrons. The van der Waals surface area contributed by atoms with E-state index in [1.54, 1.807) is 30.0 Å². The Bertz CT molecular complexity index is 843. The molecule has 0 saturated heterocycles. The smallest absolute Gasteiger partial charge is 0.407 e. The highest BCUT2D eigenvalue weighted by atomic mass is 79.9. The van der Waals surface area contributed by atoms with Crippen LogP contribution in [0.4, 0.5) is 10.5 Å². The third-order valence-electron chi connectivity index (χ3n) is 4.25. The standard InChI is InChI=1S/C18H16BrClN2O3/c1-11-9-22(17(23)14-7-6-13(19)8-15(14)20)16-5-3-2-4-12(16)10-21(11)18(24)25/h2-8,11H,9-10H2,1H3,(H,24,25)/t11-/m1/s1. The van der Waals surface area contributed by atoms with Crippen molar-refractivity contribution in [1.82, 2.24) is 4.90 Å². The second-order valence-corrected chi connectivity index (χ2v) is 7.25. The van der Waals surface area contributed by atoms with Crippen molar-refractivity contribution >= 4 is 45.2 Å². The Morgan fingerprint density at radius 2 is 1.96 bits per heavy atom. The number of para-hydroxylation sites is 1. The second kappa shape index (κ2) is 7.06. The van der Waals surface area contributed by atoms with Crippen LogP contribution in [0.1, 0.15) is 22.8 Å². The van der Waals surface area contributed by atoms with Crippen LogP contribution in [0.25, 0.3) is 0 Å². The van der Waals surface area contributed by atoms with Gasteiger partial charge in [-0.1, -0.05) is 45.7 Å². The fourth-order valence-corrected chi connectivity index (χ4v) is 3.72. The summed E-state index contributed by atoms with van der Waals surface area (Å²) >= 11 is 9.58. The second-order valence-electron chi connectivity index (χ2n) is 5.93. The molecular formula is C18H16BrClN2O3. The Balaban J connectivity index is 2.05. The number of rotatable bonds is 1. The summed E-state index contributed by atoms with van der Waals surface area (Å²) in [5.41, 5.74) is 1.88. The predicted octanol–water partition coefficient (Wildman–Crippen LogP) is 4.63. The van der Waals surface area contributed by atoms with Crippen LogP contribution < -0.4 is 4.90 Å². The van der Waals surface area contributed by atoms with Crippen molar-refractivity contribution in [1.29, 1.82) is 0 Å². The molecule has 3 rings (SSSR count). The number of hydrogen-bond donors (Lipinski definition) is 1. The van der Waals surface area contributed by atoms with Gasteiger partial charge < -0.3 is 10.0 Å². The zero-order valence-corrected chi connectivity index (χ0v) is 15.8. The quantitative estimate of drug-likeness (QED) is 0.727. The average Bonchev–Trinajstić information content (AvgIpc) is 2.71. The van der Waals surface area contributed by atoms with Gasteiger partial charge in [0.15, 0.2) is 0 Å². The lowest BCUT2D eigenvalue weighted by Gasteiger charge is -2.27. The molecule has 130 valence electrons. The molecule has 1 N–H and O–H groups in total. The Morgan fingerprint density at radius 1 is 1.24 bits per heavy atom. The van der Waals surface area contributed by atoms with Crippen LogP contribution in [0, 0.1) is 0 Å². The first kappa shape index (κ1) is 17.8.